The third-order valence-corrected chi connectivity index (χ3v) is 30.9. The summed E-state index contributed by atoms with van der Waals surface area (Å²) < 4.78 is 5.10. The third-order valence-electron chi connectivity index (χ3n) is 21.3. The standard InChI is InChI=1S/C92H64N2Si2/c1-7-35-69(36-8-1)95(70-37-9-2-10-38-70,71-39-11-3-12-40-71)75-47-27-31-65(61-75)63-29-25-33-67(59-63)93-83-53-23-21-51-79(83)88-85(93)57-55-81-87-77-49-19-20-50-78(77)90(91(81)88)92-82(87)56-58-86-89(92)80-52-22-24-54-84(80)94(86)68-34-26-30-64(60-68)66-32-28-48-76(62-66)96(72-41-13-4-14-42-72,73-43-15-5-16-44-73)74-45-17-6-18-46-74/h1-62,87,90H. The molecular weight excluding hydrogens is 1190 g/mol. The average Bonchev–Trinajstić information content (AvgIpc) is 1.32. The molecule has 0 unspecified atom stereocenters. The van der Waals surface area contributed by atoms with Gasteiger partial charge in [0, 0.05) is 44.8 Å². The van der Waals surface area contributed by atoms with Crippen LogP contribution >= 0.6 is 0 Å². The molecule has 0 radical (unpaired) electrons. The normalized spacial score (nSPS) is 14.0. The van der Waals surface area contributed by atoms with E-state index in [-0.39, 0.29) is 11.8 Å². The van der Waals surface area contributed by atoms with E-state index in [2.05, 4.69) is 385 Å². The SMILES string of the molecule is c1ccc([Si](c2ccccc2)(c2ccccc2)c2cccc(-c3cccc(-n4c5ccccc5c5c6c(ccc54)C4c5ccccc5C6c5c4ccc4c5c5ccccc5n4-c4cccc(-c5cccc([Si](c6ccccc6)(c6ccccc6)c6ccccc6)c5)c4)c3)c2)cc1. The molecule has 0 aliphatic heterocycles. The van der Waals surface area contributed by atoms with E-state index in [1.165, 1.54) is 141 Å². The quantitative estimate of drug-likeness (QED) is 0.0852. The van der Waals surface area contributed by atoms with Crippen molar-refractivity contribution in [1.29, 1.82) is 0 Å². The van der Waals surface area contributed by atoms with Crippen LogP contribution in [-0.4, -0.2) is 25.3 Å². The number of hydrogen-bond donors (Lipinski definition) is 0. The Morgan fingerprint density at radius 3 is 0.854 bits per heavy atom. The Hall–Kier alpha value is -11.7. The topological polar surface area (TPSA) is 9.86 Å². The van der Waals surface area contributed by atoms with Crippen LogP contribution in [0.25, 0.3) is 77.2 Å². The summed E-state index contributed by atoms with van der Waals surface area (Å²) in [4.78, 5) is 0. The van der Waals surface area contributed by atoms with E-state index < -0.39 is 16.1 Å². The number of benzene rings is 15. The van der Waals surface area contributed by atoms with Crippen molar-refractivity contribution in [2.75, 3.05) is 0 Å². The minimum absolute atomic E-state index is 0.0168. The van der Waals surface area contributed by atoms with Gasteiger partial charge in [-0.15, -0.1) is 0 Å². The van der Waals surface area contributed by atoms with Crippen molar-refractivity contribution in [2.24, 2.45) is 0 Å². The number of fused-ring (bicyclic) bond motifs is 6. The van der Waals surface area contributed by atoms with Gasteiger partial charge >= 0.3 is 0 Å². The molecule has 2 aromatic heterocycles. The van der Waals surface area contributed by atoms with Crippen LogP contribution in [-0.2, 0) is 0 Å². The van der Waals surface area contributed by atoms with Gasteiger partial charge in [0.1, 0.15) is 0 Å². The third kappa shape index (κ3) is 8.35. The monoisotopic (exact) mass is 1250 g/mol. The average molecular weight is 1250 g/mol. The lowest BCUT2D eigenvalue weighted by molar-refractivity contribution is 0.768. The van der Waals surface area contributed by atoms with E-state index in [0.717, 1.165) is 11.4 Å². The summed E-state index contributed by atoms with van der Waals surface area (Å²) in [6.07, 6.45) is 0. The van der Waals surface area contributed by atoms with Crippen LogP contribution in [0.3, 0.4) is 0 Å². The molecule has 3 aliphatic carbocycles. The van der Waals surface area contributed by atoms with E-state index in [1.807, 2.05) is 0 Å². The first-order chi connectivity index (χ1) is 47.7. The van der Waals surface area contributed by atoms with Crippen molar-refractivity contribution < 1.29 is 0 Å². The second-order valence-electron chi connectivity index (χ2n) is 26.1. The Bertz CT molecular complexity index is 5310. The summed E-state index contributed by atoms with van der Waals surface area (Å²) in [6, 6.07) is 143. The summed E-state index contributed by atoms with van der Waals surface area (Å²) in [5.74, 6) is 0.0499. The van der Waals surface area contributed by atoms with E-state index >= 15 is 0 Å². The van der Waals surface area contributed by atoms with Crippen LogP contribution < -0.4 is 41.5 Å². The van der Waals surface area contributed by atoms with Crippen molar-refractivity contribution in [2.45, 2.75) is 11.8 Å². The van der Waals surface area contributed by atoms with Crippen LogP contribution in [0.1, 0.15) is 45.2 Å². The molecular formula is C92H64N2Si2. The molecule has 2 bridgehead atoms. The molecule has 0 fully saturated rings. The summed E-state index contributed by atoms with van der Waals surface area (Å²) in [7, 11) is -5.56. The van der Waals surface area contributed by atoms with Crippen molar-refractivity contribution in [3.63, 3.8) is 0 Å². The highest BCUT2D eigenvalue weighted by atomic mass is 28.3. The summed E-state index contributed by atoms with van der Waals surface area (Å²) in [5, 5.41) is 16.1. The van der Waals surface area contributed by atoms with Crippen LogP contribution in [0.5, 0.6) is 0 Å². The molecule has 0 atom stereocenters. The lowest BCUT2D eigenvalue weighted by Gasteiger charge is -2.43. The molecule has 0 saturated heterocycles. The molecule has 0 amide bonds. The fraction of sp³-hybridized carbons (Fsp3) is 0.0217. The molecule has 2 heterocycles. The lowest BCUT2D eigenvalue weighted by atomic mass is 9.59. The highest BCUT2D eigenvalue weighted by Gasteiger charge is 2.46. The minimum Gasteiger partial charge on any atom is -0.309 e. The van der Waals surface area contributed by atoms with Crippen LogP contribution in [0.2, 0.25) is 0 Å². The smallest absolute Gasteiger partial charge is 0.179 e. The zero-order valence-electron chi connectivity index (χ0n) is 52.8. The maximum absolute atomic E-state index is 2.78. The van der Waals surface area contributed by atoms with Gasteiger partial charge in [-0.3, -0.25) is 0 Å². The van der Waals surface area contributed by atoms with Gasteiger partial charge < -0.3 is 9.13 Å². The first-order valence-corrected chi connectivity index (χ1v) is 37.6. The zero-order valence-corrected chi connectivity index (χ0v) is 54.8. The van der Waals surface area contributed by atoms with E-state index in [4.69, 9.17) is 0 Å². The molecule has 0 spiro atoms. The Morgan fingerprint density at radius 1 is 0.198 bits per heavy atom. The van der Waals surface area contributed by atoms with E-state index in [0.29, 0.717) is 0 Å². The maximum Gasteiger partial charge on any atom is 0.179 e. The van der Waals surface area contributed by atoms with Gasteiger partial charge in [-0.1, -0.05) is 328 Å². The van der Waals surface area contributed by atoms with Crippen molar-refractivity contribution in [3.05, 3.63) is 409 Å². The second-order valence-corrected chi connectivity index (χ2v) is 33.7. The molecule has 0 N–H and O–H groups in total. The summed E-state index contributed by atoms with van der Waals surface area (Å²) in [6.45, 7) is 0. The van der Waals surface area contributed by atoms with Gasteiger partial charge in [0.25, 0.3) is 0 Å². The maximum atomic E-state index is 2.55. The van der Waals surface area contributed by atoms with Gasteiger partial charge in [-0.25, -0.2) is 0 Å². The lowest BCUT2D eigenvalue weighted by Crippen LogP contribution is -2.74. The Kier molecular flexibility index (Phi) is 13.1. The highest BCUT2D eigenvalue weighted by Crippen LogP contribution is 2.60. The zero-order chi connectivity index (χ0) is 63.3. The minimum atomic E-state index is -2.78. The molecule has 17 aromatic rings. The van der Waals surface area contributed by atoms with Gasteiger partial charge in [-0.05, 0) is 146 Å². The fourth-order valence-corrected chi connectivity index (χ4v) is 27.1. The first kappa shape index (κ1) is 55.9. The second kappa shape index (κ2) is 22.5. The first-order valence-electron chi connectivity index (χ1n) is 33.6. The molecule has 0 saturated carbocycles. The van der Waals surface area contributed by atoms with Crippen molar-refractivity contribution in [3.8, 4) is 33.6 Å². The predicted molar refractivity (Wildman–Crippen MR) is 408 cm³/mol. The molecule has 3 aliphatic rings. The van der Waals surface area contributed by atoms with Gasteiger partial charge in [0.05, 0.1) is 22.1 Å². The molecule has 450 valence electrons. The van der Waals surface area contributed by atoms with Crippen LogP contribution in [0.4, 0.5) is 0 Å². The van der Waals surface area contributed by atoms with Crippen LogP contribution in [0.15, 0.2) is 376 Å². The molecule has 20 rings (SSSR count). The molecule has 96 heavy (non-hydrogen) atoms. The number of aromatic nitrogens is 2. The largest absolute Gasteiger partial charge is 0.309 e. The number of hydrogen-bond acceptors (Lipinski definition) is 0. The summed E-state index contributed by atoms with van der Waals surface area (Å²) in [5.41, 5.74) is 20.4. The van der Waals surface area contributed by atoms with Gasteiger partial charge in [0.15, 0.2) is 16.1 Å². The van der Waals surface area contributed by atoms with E-state index in [1.54, 1.807) is 0 Å². The molecule has 2 nitrogen and oxygen atoms in total. The number of para-hydroxylation sites is 2. The fourth-order valence-electron chi connectivity index (χ4n) is 17.5. The highest BCUT2D eigenvalue weighted by molar-refractivity contribution is 7.20. The van der Waals surface area contributed by atoms with E-state index in [9.17, 15) is 0 Å². The van der Waals surface area contributed by atoms with Crippen molar-refractivity contribution in [1.82, 2.24) is 9.13 Å². The number of rotatable bonds is 12. The molecule has 4 heteroatoms. The predicted octanol–water partition coefficient (Wildman–Crippen LogP) is 17.0. The van der Waals surface area contributed by atoms with Gasteiger partial charge in [0.2, 0.25) is 0 Å². The van der Waals surface area contributed by atoms with Gasteiger partial charge in [-0.2, -0.15) is 0 Å². The summed E-state index contributed by atoms with van der Waals surface area (Å²) >= 11 is 0. The Labute approximate surface area is 561 Å². The Morgan fingerprint density at radius 2 is 0.490 bits per heavy atom. The Balaban J connectivity index is 0.766. The molecule has 15 aromatic carbocycles. The van der Waals surface area contributed by atoms with Crippen LogP contribution in [0, 0.1) is 0 Å². The number of nitrogens with zero attached hydrogens (tertiary/aromatic N) is 2. The van der Waals surface area contributed by atoms with Crippen molar-refractivity contribution >= 4 is 101 Å².